The third kappa shape index (κ3) is 2.68. The Bertz CT molecular complexity index is 570. The van der Waals surface area contributed by atoms with E-state index in [2.05, 4.69) is 15.3 Å². The van der Waals surface area contributed by atoms with Crippen molar-refractivity contribution in [3.05, 3.63) is 47.4 Å². The van der Waals surface area contributed by atoms with Crippen LogP contribution in [0.25, 0.3) is 11.3 Å². The van der Waals surface area contributed by atoms with Crippen molar-refractivity contribution in [2.45, 2.75) is 13.5 Å². The second-order valence-electron chi connectivity index (χ2n) is 3.97. The second kappa shape index (κ2) is 5.18. The van der Waals surface area contributed by atoms with Crippen LogP contribution in [0.15, 0.2) is 24.3 Å². The van der Waals surface area contributed by atoms with Gasteiger partial charge in [-0.15, -0.1) is 0 Å². The summed E-state index contributed by atoms with van der Waals surface area (Å²) in [5.41, 5.74) is 1.26. The molecule has 0 radical (unpaired) electrons. The van der Waals surface area contributed by atoms with Crippen molar-refractivity contribution in [3.8, 4) is 11.3 Å². The van der Waals surface area contributed by atoms with Crippen LogP contribution in [0.1, 0.15) is 11.5 Å². The molecule has 0 fully saturated rings. The lowest BCUT2D eigenvalue weighted by molar-refractivity contribution is 0.602. The highest BCUT2D eigenvalue weighted by Crippen LogP contribution is 2.22. The SMILES string of the molecule is CNCc1nc(C)cc(-c2cc(F)ccc2F)n1. The average molecular weight is 249 g/mol. The van der Waals surface area contributed by atoms with E-state index >= 15 is 0 Å². The fourth-order valence-electron chi connectivity index (χ4n) is 1.70. The Balaban J connectivity index is 2.52. The molecule has 0 atom stereocenters. The van der Waals surface area contributed by atoms with Crippen molar-refractivity contribution in [2.24, 2.45) is 0 Å². The van der Waals surface area contributed by atoms with Crippen molar-refractivity contribution in [2.75, 3.05) is 7.05 Å². The quantitative estimate of drug-likeness (QED) is 0.908. The molecule has 1 N–H and O–H groups in total. The number of halogens is 2. The molecule has 3 nitrogen and oxygen atoms in total. The van der Waals surface area contributed by atoms with Gasteiger partial charge in [0.2, 0.25) is 0 Å². The number of hydrogen-bond acceptors (Lipinski definition) is 3. The topological polar surface area (TPSA) is 37.8 Å². The molecule has 1 heterocycles. The maximum atomic E-state index is 13.7. The van der Waals surface area contributed by atoms with E-state index in [1.54, 1.807) is 20.0 Å². The largest absolute Gasteiger partial charge is 0.313 e. The zero-order chi connectivity index (χ0) is 13.1. The summed E-state index contributed by atoms with van der Waals surface area (Å²) < 4.78 is 26.8. The van der Waals surface area contributed by atoms with Crippen LogP contribution in [-0.2, 0) is 6.54 Å². The summed E-state index contributed by atoms with van der Waals surface area (Å²) in [5.74, 6) is -0.432. The van der Waals surface area contributed by atoms with E-state index in [4.69, 9.17) is 0 Å². The molecule has 94 valence electrons. The molecule has 1 aromatic heterocycles. The summed E-state index contributed by atoms with van der Waals surface area (Å²) in [7, 11) is 1.77. The van der Waals surface area contributed by atoms with E-state index in [0.29, 0.717) is 23.8 Å². The van der Waals surface area contributed by atoms with E-state index in [9.17, 15) is 8.78 Å². The molecule has 2 rings (SSSR count). The molecule has 0 spiro atoms. The molecule has 0 bridgehead atoms. The summed E-state index contributed by atoms with van der Waals surface area (Å²) in [5, 5.41) is 2.92. The average Bonchev–Trinajstić information content (AvgIpc) is 2.32. The van der Waals surface area contributed by atoms with Gasteiger partial charge >= 0.3 is 0 Å². The summed E-state index contributed by atoms with van der Waals surface area (Å²) >= 11 is 0. The van der Waals surface area contributed by atoms with E-state index in [-0.39, 0.29) is 5.56 Å². The highest BCUT2D eigenvalue weighted by atomic mass is 19.1. The smallest absolute Gasteiger partial charge is 0.143 e. The lowest BCUT2D eigenvalue weighted by Crippen LogP contribution is -2.10. The van der Waals surface area contributed by atoms with E-state index in [0.717, 1.165) is 18.2 Å². The lowest BCUT2D eigenvalue weighted by Gasteiger charge is -2.07. The highest BCUT2D eigenvalue weighted by Gasteiger charge is 2.10. The van der Waals surface area contributed by atoms with Crippen LogP contribution in [0, 0.1) is 18.6 Å². The minimum absolute atomic E-state index is 0.151. The number of hydrogen-bond donors (Lipinski definition) is 1. The first-order valence-electron chi connectivity index (χ1n) is 5.54. The van der Waals surface area contributed by atoms with Crippen molar-refractivity contribution in [1.29, 1.82) is 0 Å². The third-order valence-electron chi connectivity index (χ3n) is 2.44. The fourth-order valence-corrected chi connectivity index (χ4v) is 1.70. The first kappa shape index (κ1) is 12.6. The van der Waals surface area contributed by atoms with Gasteiger partial charge < -0.3 is 5.32 Å². The second-order valence-corrected chi connectivity index (χ2v) is 3.97. The van der Waals surface area contributed by atoms with Crippen LogP contribution in [0.3, 0.4) is 0 Å². The van der Waals surface area contributed by atoms with Gasteiger partial charge in [-0.25, -0.2) is 18.7 Å². The predicted molar refractivity (Wildman–Crippen MR) is 64.9 cm³/mol. The van der Waals surface area contributed by atoms with E-state index < -0.39 is 11.6 Å². The monoisotopic (exact) mass is 249 g/mol. The normalized spacial score (nSPS) is 10.7. The molecule has 0 aliphatic heterocycles. The van der Waals surface area contributed by atoms with Crippen LogP contribution in [0.2, 0.25) is 0 Å². The van der Waals surface area contributed by atoms with E-state index in [1.165, 1.54) is 0 Å². The molecule has 0 aliphatic rings. The molecule has 1 aromatic carbocycles. The van der Waals surface area contributed by atoms with Gasteiger partial charge in [-0.1, -0.05) is 0 Å². The molecule has 0 unspecified atom stereocenters. The minimum atomic E-state index is -0.495. The van der Waals surface area contributed by atoms with Gasteiger partial charge in [0.05, 0.1) is 12.2 Å². The van der Waals surface area contributed by atoms with Crippen molar-refractivity contribution >= 4 is 0 Å². The maximum Gasteiger partial charge on any atom is 0.143 e. The van der Waals surface area contributed by atoms with Gasteiger partial charge in [-0.2, -0.15) is 0 Å². The number of nitrogens with one attached hydrogen (secondary N) is 1. The summed E-state index contributed by atoms with van der Waals surface area (Å²) in [6.45, 7) is 2.27. The molecular weight excluding hydrogens is 236 g/mol. The number of aryl methyl sites for hydroxylation is 1. The maximum absolute atomic E-state index is 13.7. The number of nitrogens with zero attached hydrogens (tertiary/aromatic N) is 2. The van der Waals surface area contributed by atoms with Gasteiger partial charge in [-0.05, 0) is 38.2 Å². The van der Waals surface area contributed by atoms with Crippen LogP contribution in [-0.4, -0.2) is 17.0 Å². The lowest BCUT2D eigenvalue weighted by atomic mass is 10.1. The Labute approximate surface area is 104 Å². The molecule has 0 saturated carbocycles. The predicted octanol–water partition coefficient (Wildman–Crippen LogP) is 2.45. The molecule has 2 aromatic rings. The van der Waals surface area contributed by atoms with Gasteiger partial charge in [0, 0.05) is 11.3 Å². The Morgan fingerprint density at radius 2 is 1.94 bits per heavy atom. The van der Waals surface area contributed by atoms with Crippen LogP contribution in [0.4, 0.5) is 8.78 Å². The number of aromatic nitrogens is 2. The summed E-state index contributed by atoms with van der Waals surface area (Å²) in [4.78, 5) is 8.43. The van der Waals surface area contributed by atoms with Crippen molar-refractivity contribution in [1.82, 2.24) is 15.3 Å². The number of rotatable bonds is 3. The highest BCUT2D eigenvalue weighted by molar-refractivity contribution is 5.60. The molecule has 0 aliphatic carbocycles. The zero-order valence-electron chi connectivity index (χ0n) is 10.2. The zero-order valence-corrected chi connectivity index (χ0v) is 10.2. The standard InChI is InChI=1S/C13H13F2N3/c1-8-5-12(18-13(17-8)7-16-2)10-6-9(14)3-4-11(10)15/h3-6,16H,7H2,1-2H3. The molecule has 18 heavy (non-hydrogen) atoms. The Hall–Kier alpha value is -1.88. The third-order valence-corrected chi connectivity index (χ3v) is 2.44. The van der Waals surface area contributed by atoms with Gasteiger partial charge in [0.25, 0.3) is 0 Å². The van der Waals surface area contributed by atoms with Crippen molar-refractivity contribution in [3.63, 3.8) is 0 Å². The van der Waals surface area contributed by atoms with Crippen LogP contribution < -0.4 is 5.32 Å². The van der Waals surface area contributed by atoms with Gasteiger partial charge in [0.1, 0.15) is 17.5 Å². The Morgan fingerprint density at radius 1 is 1.17 bits per heavy atom. The van der Waals surface area contributed by atoms with Gasteiger partial charge in [-0.3, -0.25) is 0 Å². The Kier molecular flexibility index (Phi) is 3.62. The first-order valence-corrected chi connectivity index (χ1v) is 5.54. The molecule has 0 amide bonds. The minimum Gasteiger partial charge on any atom is -0.313 e. The van der Waals surface area contributed by atoms with Gasteiger partial charge in [0.15, 0.2) is 0 Å². The molecule has 5 heteroatoms. The van der Waals surface area contributed by atoms with Crippen LogP contribution in [0.5, 0.6) is 0 Å². The molecular formula is C13H13F2N3. The molecule has 0 saturated heterocycles. The summed E-state index contributed by atoms with van der Waals surface area (Å²) in [6, 6.07) is 4.96. The van der Waals surface area contributed by atoms with E-state index in [1.807, 2.05) is 0 Å². The Morgan fingerprint density at radius 3 is 2.67 bits per heavy atom. The summed E-state index contributed by atoms with van der Waals surface area (Å²) in [6.07, 6.45) is 0. The first-order chi connectivity index (χ1) is 8.60. The fraction of sp³-hybridized carbons (Fsp3) is 0.231. The van der Waals surface area contributed by atoms with Crippen molar-refractivity contribution < 1.29 is 8.78 Å². The number of benzene rings is 1. The van der Waals surface area contributed by atoms with Crippen LogP contribution >= 0.6 is 0 Å².